The number of imidazole rings is 2. The van der Waals surface area contributed by atoms with Crippen LogP contribution in [0.15, 0.2) is 37.4 Å². The fourth-order valence-corrected chi connectivity index (χ4v) is 1.91. The average molecular weight is 294 g/mol. The molecule has 0 saturated carbocycles. The minimum Gasteiger partial charge on any atom is -0.366 e. The largest absolute Gasteiger partial charge is 0.366 e. The lowest BCUT2D eigenvalue weighted by molar-refractivity contribution is -0.268. The van der Waals surface area contributed by atoms with E-state index in [9.17, 15) is 10.2 Å². The number of hydrogen-bond donors (Lipinski definition) is 2. The van der Waals surface area contributed by atoms with Gasteiger partial charge in [-0.05, 0) is 27.7 Å². The van der Waals surface area contributed by atoms with Gasteiger partial charge < -0.3 is 24.1 Å². The van der Waals surface area contributed by atoms with Crippen molar-refractivity contribution in [2.45, 2.75) is 51.4 Å². The van der Waals surface area contributed by atoms with Crippen LogP contribution in [0.25, 0.3) is 0 Å². The molecule has 2 N–H and O–H groups in total. The number of aromatic nitrogens is 4. The maximum absolute atomic E-state index is 10.3. The number of rotatable bonds is 6. The van der Waals surface area contributed by atoms with Crippen LogP contribution in [0.3, 0.4) is 0 Å². The molecule has 2 rings (SSSR count). The van der Waals surface area contributed by atoms with Gasteiger partial charge in [-0.25, -0.2) is 9.97 Å². The molecule has 0 aromatic carbocycles. The summed E-state index contributed by atoms with van der Waals surface area (Å²) in [5, 5.41) is 20.6. The highest BCUT2D eigenvalue weighted by atomic mass is 16.7. The van der Waals surface area contributed by atoms with Crippen molar-refractivity contribution in [2.24, 2.45) is 0 Å². The second-order valence-corrected chi connectivity index (χ2v) is 6.09. The summed E-state index contributed by atoms with van der Waals surface area (Å²) < 4.78 is 8.90. The molecular weight excluding hydrogens is 272 g/mol. The van der Waals surface area contributed by atoms with Gasteiger partial charge in [-0.3, -0.25) is 0 Å². The molecule has 0 aliphatic rings. The van der Waals surface area contributed by atoms with E-state index in [1.54, 1.807) is 74.3 Å². The summed E-state index contributed by atoms with van der Waals surface area (Å²) in [6.45, 7) is 7.21. The molecule has 0 unspecified atom stereocenters. The lowest BCUT2D eigenvalue weighted by Gasteiger charge is -2.37. The van der Waals surface area contributed by atoms with Gasteiger partial charge >= 0.3 is 0 Å². The average Bonchev–Trinajstić information content (AvgIpc) is 3.11. The molecule has 2 atom stereocenters. The molecule has 2 aromatic rings. The van der Waals surface area contributed by atoms with E-state index in [4.69, 9.17) is 4.74 Å². The van der Waals surface area contributed by atoms with Crippen molar-refractivity contribution in [3.8, 4) is 0 Å². The Balaban J connectivity index is 2.10. The quantitative estimate of drug-likeness (QED) is 0.773. The van der Waals surface area contributed by atoms with Gasteiger partial charge in [-0.2, -0.15) is 0 Å². The molecule has 2 aromatic heterocycles. The van der Waals surface area contributed by atoms with Crippen molar-refractivity contribution < 1.29 is 14.9 Å². The lowest BCUT2D eigenvalue weighted by Crippen LogP contribution is -2.48. The number of aliphatic hydroxyl groups is 2. The van der Waals surface area contributed by atoms with Crippen LogP contribution in [-0.2, 0) is 15.8 Å². The Morgan fingerprint density at radius 3 is 1.52 bits per heavy atom. The Hall–Kier alpha value is -1.70. The minimum atomic E-state index is -1.20. The van der Waals surface area contributed by atoms with Gasteiger partial charge in [0.25, 0.3) is 0 Å². The zero-order valence-corrected chi connectivity index (χ0v) is 12.7. The Kier molecular flexibility index (Phi) is 4.18. The summed E-state index contributed by atoms with van der Waals surface area (Å²) >= 11 is 0. The van der Waals surface area contributed by atoms with Gasteiger partial charge in [0.1, 0.15) is 0 Å². The first-order chi connectivity index (χ1) is 9.76. The molecule has 116 valence electrons. The molecule has 0 fully saturated rings. The second-order valence-electron chi connectivity index (χ2n) is 6.09. The van der Waals surface area contributed by atoms with Crippen molar-refractivity contribution in [3.63, 3.8) is 0 Å². The maximum atomic E-state index is 10.3. The van der Waals surface area contributed by atoms with E-state index >= 15 is 0 Å². The Morgan fingerprint density at radius 1 is 0.857 bits per heavy atom. The minimum absolute atomic E-state index is 0.761. The molecule has 0 radical (unpaired) electrons. The van der Waals surface area contributed by atoms with Gasteiger partial charge in [-0.1, -0.05) is 0 Å². The van der Waals surface area contributed by atoms with Gasteiger partial charge in [-0.15, -0.1) is 0 Å². The van der Waals surface area contributed by atoms with E-state index in [1.807, 2.05) is 0 Å². The Bertz CT molecular complexity index is 499. The van der Waals surface area contributed by atoms with Crippen molar-refractivity contribution in [2.75, 3.05) is 0 Å². The summed E-state index contributed by atoms with van der Waals surface area (Å²) in [5.74, 6) is 0. The monoisotopic (exact) mass is 294 g/mol. The van der Waals surface area contributed by atoms with Gasteiger partial charge in [0.05, 0.1) is 23.7 Å². The maximum Gasteiger partial charge on any atom is 0.181 e. The first-order valence-electron chi connectivity index (χ1n) is 6.74. The van der Waals surface area contributed by atoms with E-state index in [1.165, 1.54) is 0 Å². The summed E-state index contributed by atoms with van der Waals surface area (Å²) in [6, 6.07) is 0. The molecule has 7 nitrogen and oxygen atoms in total. The van der Waals surface area contributed by atoms with Crippen LogP contribution in [0.1, 0.15) is 27.7 Å². The predicted octanol–water partition coefficient (Wildman–Crippen LogP) is 0.903. The highest BCUT2D eigenvalue weighted by molar-refractivity contribution is 4.91. The van der Waals surface area contributed by atoms with Crippen molar-refractivity contribution >= 4 is 0 Å². The lowest BCUT2D eigenvalue weighted by atomic mass is 10.0. The number of nitrogens with zero attached hydrogens (tertiary/aromatic N) is 4. The molecule has 0 saturated heterocycles. The highest BCUT2D eigenvalue weighted by Gasteiger charge is 2.37. The molecule has 2 heterocycles. The molecule has 0 amide bonds. The van der Waals surface area contributed by atoms with E-state index in [-0.39, 0.29) is 0 Å². The van der Waals surface area contributed by atoms with E-state index in [2.05, 4.69) is 9.97 Å². The number of aliphatic hydroxyl groups excluding tert-OH is 2. The topological polar surface area (TPSA) is 85.3 Å². The van der Waals surface area contributed by atoms with Crippen LogP contribution >= 0.6 is 0 Å². The zero-order chi connectivity index (χ0) is 15.7. The molecule has 0 aliphatic carbocycles. The van der Waals surface area contributed by atoms with Crippen LogP contribution in [-0.4, -0.2) is 41.9 Å². The molecule has 0 aliphatic heterocycles. The summed E-state index contributed by atoms with van der Waals surface area (Å²) in [4.78, 5) is 7.92. The van der Waals surface area contributed by atoms with Crippen LogP contribution in [0.5, 0.6) is 0 Å². The smallest absolute Gasteiger partial charge is 0.181 e. The SMILES string of the molecule is CC(C)([C@@H](O)O[C@H](O)C(C)(C)n1ccnc1)n1ccnc1. The highest BCUT2D eigenvalue weighted by Crippen LogP contribution is 2.26. The zero-order valence-electron chi connectivity index (χ0n) is 12.7. The molecule has 0 bridgehead atoms. The van der Waals surface area contributed by atoms with Crippen LogP contribution in [0.2, 0.25) is 0 Å². The fraction of sp³-hybridized carbons (Fsp3) is 0.571. The Morgan fingerprint density at radius 2 is 1.24 bits per heavy atom. The molecule has 0 spiro atoms. The summed E-state index contributed by atoms with van der Waals surface area (Å²) in [5.41, 5.74) is -1.52. The third kappa shape index (κ3) is 2.99. The first kappa shape index (κ1) is 15.7. The second kappa shape index (κ2) is 5.59. The van der Waals surface area contributed by atoms with Crippen LogP contribution in [0.4, 0.5) is 0 Å². The first-order valence-corrected chi connectivity index (χ1v) is 6.74. The van der Waals surface area contributed by atoms with Gasteiger partial charge in [0, 0.05) is 24.8 Å². The number of hydrogen-bond acceptors (Lipinski definition) is 5. The van der Waals surface area contributed by atoms with E-state index < -0.39 is 23.7 Å². The van der Waals surface area contributed by atoms with Crippen molar-refractivity contribution in [1.82, 2.24) is 19.1 Å². The molecular formula is C14H22N4O3. The van der Waals surface area contributed by atoms with Crippen molar-refractivity contribution in [3.05, 3.63) is 37.4 Å². The van der Waals surface area contributed by atoms with Crippen LogP contribution in [0, 0.1) is 0 Å². The molecule has 7 heteroatoms. The van der Waals surface area contributed by atoms with Crippen LogP contribution < -0.4 is 0 Å². The van der Waals surface area contributed by atoms with E-state index in [0.29, 0.717) is 0 Å². The van der Waals surface area contributed by atoms with E-state index in [0.717, 1.165) is 0 Å². The number of ether oxygens (including phenoxy) is 1. The predicted molar refractivity (Wildman–Crippen MR) is 76.2 cm³/mol. The third-order valence-corrected chi connectivity index (χ3v) is 3.81. The summed E-state index contributed by atoms with van der Waals surface area (Å²) in [6.07, 6.45) is 7.51. The normalized spacial score (nSPS) is 15.9. The standard InChI is InChI=1S/C14H22N4O3/c1-13(2,17-7-5-15-9-17)11(19)21-12(20)14(3,4)18-8-6-16-10-18/h5-12,19-20H,1-4H3/t11-,12-/m0/s1. The van der Waals surface area contributed by atoms with Gasteiger partial charge in [0.15, 0.2) is 12.6 Å². The summed E-state index contributed by atoms with van der Waals surface area (Å²) in [7, 11) is 0. The molecule has 21 heavy (non-hydrogen) atoms. The van der Waals surface area contributed by atoms with Crippen molar-refractivity contribution in [1.29, 1.82) is 0 Å². The Labute approximate surface area is 123 Å². The fourth-order valence-electron chi connectivity index (χ4n) is 1.91. The third-order valence-electron chi connectivity index (χ3n) is 3.81. The van der Waals surface area contributed by atoms with Gasteiger partial charge in [0.2, 0.25) is 0 Å².